The first-order valence-corrected chi connectivity index (χ1v) is 6.89. The highest BCUT2D eigenvalue weighted by molar-refractivity contribution is 5.39. The smallest absolute Gasteiger partial charge is 0.399 e. The first-order valence-electron chi connectivity index (χ1n) is 6.89. The maximum atomic E-state index is 12.6. The van der Waals surface area contributed by atoms with Gasteiger partial charge in [-0.3, -0.25) is 0 Å². The van der Waals surface area contributed by atoms with Gasteiger partial charge in [-0.1, -0.05) is 17.2 Å². The molecule has 124 valence electrons. The second-order valence-electron chi connectivity index (χ2n) is 5.10. The second-order valence-corrected chi connectivity index (χ2v) is 5.10. The summed E-state index contributed by atoms with van der Waals surface area (Å²) in [5.74, 6) is 0. The standard InChI is InChI=1S/C15H12F3N5O/c16-15(17,18)11-3-7-13(8-4-11)23-14(24)20-21-22(23)9-10-1-5-12(19)6-2-10/h1-8H,9,19H2. The number of anilines is 1. The minimum absolute atomic E-state index is 0.219. The van der Waals surface area contributed by atoms with Gasteiger partial charge < -0.3 is 5.73 Å². The summed E-state index contributed by atoms with van der Waals surface area (Å²) in [5.41, 5.74) is 5.80. The van der Waals surface area contributed by atoms with E-state index in [9.17, 15) is 18.0 Å². The van der Waals surface area contributed by atoms with Gasteiger partial charge in [-0.05, 0) is 47.2 Å². The molecule has 0 aliphatic rings. The first kappa shape index (κ1) is 15.8. The summed E-state index contributed by atoms with van der Waals surface area (Å²) in [6.07, 6.45) is -4.44. The van der Waals surface area contributed by atoms with E-state index in [1.54, 1.807) is 24.3 Å². The van der Waals surface area contributed by atoms with Gasteiger partial charge in [0.05, 0.1) is 17.8 Å². The SMILES string of the molecule is Nc1ccc(Cn2nnc(=O)n2-c2ccc(C(F)(F)F)cc2)cc1. The molecular formula is C15H12F3N5O. The van der Waals surface area contributed by atoms with Gasteiger partial charge in [0.2, 0.25) is 0 Å². The van der Waals surface area contributed by atoms with Crippen molar-refractivity contribution in [2.24, 2.45) is 0 Å². The Morgan fingerprint density at radius 1 is 1.00 bits per heavy atom. The van der Waals surface area contributed by atoms with Gasteiger partial charge >= 0.3 is 11.9 Å². The van der Waals surface area contributed by atoms with Crippen LogP contribution in [-0.4, -0.2) is 19.8 Å². The fraction of sp³-hybridized carbons (Fsp3) is 0.133. The minimum atomic E-state index is -4.44. The third-order valence-electron chi connectivity index (χ3n) is 3.39. The van der Waals surface area contributed by atoms with Crippen molar-refractivity contribution in [3.63, 3.8) is 0 Å². The largest absolute Gasteiger partial charge is 0.416 e. The molecule has 24 heavy (non-hydrogen) atoms. The topological polar surface area (TPSA) is 78.7 Å². The molecule has 0 bridgehead atoms. The van der Waals surface area contributed by atoms with Crippen LogP contribution in [0.3, 0.4) is 0 Å². The van der Waals surface area contributed by atoms with Crippen molar-refractivity contribution in [2.45, 2.75) is 12.7 Å². The lowest BCUT2D eigenvalue weighted by Crippen LogP contribution is -2.23. The summed E-state index contributed by atoms with van der Waals surface area (Å²) >= 11 is 0. The molecule has 2 aromatic carbocycles. The highest BCUT2D eigenvalue weighted by Crippen LogP contribution is 2.29. The van der Waals surface area contributed by atoms with E-state index >= 15 is 0 Å². The van der Waals surface area contributed by atoms with Crippen molar-refractivity contribution < 1.29 is 13.2 Å². The molecule has 9 heteroatoms. The van der Waals surface area contributed by atoms with Crippen LogP contribution in [0.15, 0.2) is 53.3 Å². The van der Waals surface area contributed by atoms with Crippen molar-refractivity contribution in [3.8, 4) is 5.69 Å². The lowest BCUT2D eigenvalue weighted by Gasteiger charge is -2.10. The molecule has 0 saturated heterocycles. The lowest BCUT2D eigenvalue weighted by atomic mass is 10.2. The maximum Gasteiger partial charge on any atom is 0.416 e. The molecule has 1 aromatic heterocycles. The molecule has 0 aliphatic heterocycles. The van der Waals surface area contributed by atoms with Crippen LogP contribution in [-0.2, 0) is 12.7 Å². The Labute approximate surface area is 133 Å². The Morgan fingerprint density at radius 3 is 2.21 bits per heavy atom. The number of nitrogens with zero attached hydrogens (tertiary/aromatic N) is 4. The first-order chi connectivity index (χ1) is 11.3. The van der Waals surface area contributed by atoms with Gasteiger partial charge in [-0.2, -0.15) is 22.6 Å². The molecule has 0 radical (unpaired) electrons. The Hall–Kier alpha value is -3.10. The molecule has 2 N–H and O–H groups in total. The van der Waals surface area contributed by atoms with E-state index in [1.807, 2.05) is 0 Å². The number of benzene rings is 2. The molecular weight excluding hydrogens is 323 g/mol. The predicted molar refractivity (Wildman–Crippen MR) is 80.6 cm³/mol. The van der Waals surface area contributed by atoms with E-state index in [-0.39, 0.29) is 12.2 Å². The van der Waals surface area contributed by atoms with Crippen LogP contribution in [0.5, 0.6) is 0 Å². The Bertz CT molecular complexity index is 895. The van der Waals surface area contributed by atoms with Gasteiger partial charge in [0.25, 0.3) is 0 Å². The van der Waals surface area contributed by atoms with Gasteiger partial charge in [-0.25, -0.2) is 4.79 Å². The third kappa shape index (κ3) is 3.14. The second kappa shape index (κ2) is 5.84. The number of nitrogen functional groups attached to an aromatic ring is 1. The van der Waals surface area contributed by atoms with Gasteiger partial charge in [-0.15, -0.1) is 0 Å². The Balaban J connectivity index is 1.95. The number of rotatable bonds is 3. The number of alkyl halides is 3. The van der Waals surface area contributed by atoms with Crippen molar-refractivity contribution in [1.29, 1.82) is 0 Å². The zero-order valence-corrected chi connectivity index (χ0v) is 12.2. The van der Waals surface area contributed by atoms with E-state index in [0.717, 1.165) is 22.4 Å². The van der Waals surface area contributed by atoms with E-state index in [1.165, 1.54) is 16.9 Å². The lowest BCUT2D eigenvalue weighted by molar-refractivity contribution is -0.137. The number of aromatic nitrogens is 4. The maximum absolute atomic E-state index is 12.6. The van der Waals surface area contributed by atoms with Crippen LogP contribution in [0.25, 0.3) is 5.69 Å². The summed E-state index contributed by atoms with van der Waals surface area (Å²) in [6, 6.07) is 11.1. The number of tetrazole rings is 1. The summed E-state index contributed by atoms with van der Waals surface area (Å²) in [4.78, 5) is 13.2. The van der Waals surface area contributed by atoms with Crippen molar-refractivity contribution in [1.82, 2.24) is 19.8 Å². The van der Waals surface area contributed by atoms with Crippen molar-refractivity contribution in [2.75, 3.05) is 5.73 Å². The number of hydrogen-bond donors (Lipinski definition) is 1. The van der Waals surface area contributed by atoms with Gasteiger partial charge in [0.1, 0.15) is 0 Å². The molecule has 3 aromatic rings. The summed E-state index contributed by atoms with van der Waals surface area (Å²) in [5, 5.41) is 7.20. The fourth-order valence-corrected chi connectivity index (χ4v) is 2.20. The molecule has 0 aliphatic carbocycles. The number of nitrogens with two attached hydrogens (primary N) is 1. The zero-order valence-electron chi connectivity index (χ0n) is 12.2. The minimum Gasteiger partial charge on any atom is -0.399 e. The molecule has 0 unspecified atom stereocenters. The van der Waals surface area contributed by atoms with Crippen LogP contribution in [0, 0.1) is 0 Å². The predicted octanol–water partition coefficient (Wildman–Crippen LogP) is 2.08. The fourth-order valence-electron chi connectivity index (χ4n) is 2.20. The van der Waals surface area contributed by atoms with Crippen molar-refractivity contribution in [3.05, 3.63) is 70.1 Å². The van der Waals surface area contributed by atoms with Crippen LogP contribution in [0.2, 0.25) is 0 Å². The Kier molecular flexibility index (Phi) is 3.84. The number of halogens is 3. The van der Waals surface area contributed by atoms with E-state index in [2.05, 4.69) is 10.3 Å². The summed E-state index contributed by atoms with van der Waals surface area (Å²) in [7, 11) is 0. The van der Waals surface area contributed by atoms with E-state index < -0.39 is 17.4 Å². The van der Waals surface area contributed by atoms with E-state index in [4.69, 9.17) is 5.73 Å². The van der Waals surface area contributed by atoms with Crippen LogP contribution in [0.1, 0.15) is 11.1 Å². The van der Waals surface area contributed by atoms with Gasteiger partial charge in [0, 0.05) is 5.69 Å². The van der Waals surface area contributed by atoms with E-state index in [0.29, 0.717) is 5.69 Å². The zero-order chi connectivity index (χ0) is 17.3. The molecule has 0 amide bonds. The summed E-state index contributed by atoms with van der Waals surface area (Å²) < 4.78 is 39.0. The van der Waals surface area contributed by atoms with Crippen molar-refractivity contribution >= 4 is 5.69 Å². The molecule has 0 spiro atoms. The molecule has 0 fully saturated rings. The molecule has 1 heterocycles. The molecule has 0 saturated carbocycles. The number of hydrogen-bond acceptors (Lipinski definition) is 4. The van der Waals surface area contributed by atoms with Gasteiger partial charge in [0.15, 0.2) is 0 Å². The van der Waals surface area contributed by atoms with Crippen LogP contribution in [0.4, 0.5) is 18.9 Å². The molecule has 3 rings (SSSR count). The average Bonchev–Trinajstić information content (AvgIpc) is 2.89. The molecule has 0 atom stereocenters. The quantitative estimate of drug-likeness (QED) is 0.743. The summed E-state index contributed by atoms with van der Waals surface area (Å²) in [6.45, 7) is 0.219. The highest BCUT2D eigenvalue weighted by Gasteiger charge is 2.30. The Morgan fingerprint density at radius 2 is 1.62 bits per heavy atom. The normalized spacial score (nSPS) is 11.6. The van der Waals surface area contributed by atoms with Crippen LogP contribution < -0.4 is 11.4 Å². The monoisotopic (exact) mass is 335 g/mol. The average molecular weight is 335 g/mol. The third-order valence-corrected chi connectivity index (χ3v) is 3.39. The molecule has 6 nitrogen and oxygen atoms in total. The van der Waals surface area contributed by atoms with Crippen LogP contribution >= 0.6 is 0 Å². The highest BCUT2D eigenvalue weighted by atomic mass is 19.4.